The van der Waals surface area contributed by atoms with Crippen LogP contribution >= 0.6 is 0 Å². The van der Waals surface area contributed by atoms with Crippen LogP contribution in [0.1, 0.15) is 24.8 Å². The Morgan fingerprint density at radius 1 is 0.656 bits per heavy atom. The first-order chi connectivity index (χ1) is 15.4. The summed E-state index contributed by atoms with van der Waals surface area (Å²) >= 11 is 0. The number of benzene rings is 3. The summed E-state index contributed by atoms with van der Waals surface area (Å²) < 4.78 is 55.8. The molecule has 1 aliphatic heterocycles. The zero-order valence-corrected chi connectivity index (χ0v) is 19.3. The number of para-hydroxylation sites is 1. The highest BCUT2D eigenvalue weighted by molar-refractivity contribution is 7.92. The Balaban J connectivity index is 1.67. The summed E-state index contributed by atoms with van der Waals surface area (Å²) in [4.78, 5) is 0.169. The molecule has 0 radical (unpaired) electrons. The third-order valence-corrected chi connectivity index (χ3v) is 9.28. The van der Waals surface area contributed by atoms with Crippen molar-refractivity contribution in [1.82, 2.24) is 4.31 Å². The molecule has 0 spiro atoms. The van der Waals surface area contributed by atoms with E-state index in [4.69, 9.17) is 0 Å². The molecule has 168 valence electrons. The molecule has 4 rings (SSSR count). The average Bonchev–Trinajstić information content (AvgIpc) is 2.84. The summed E-state index contributed by atoms with van der Waals surface area (Å²) in [6.45, 7) is 1.17. The molecule has 0 amide bonds. The minimum atomic E-state index is -3.91. The van der Waals surface area contributed by atoms with E-state index in [-0.39, 0.29) is 16.3 Å². The molecular formula is C24H26N2O4S2. The fraction of sp³-hybridized carbons (Fsp3) is 0.250. The maximum Gasteiger partial charge on any atom is 0.264 e. The van der Waals surface area contributed by atoms with E-state index in [1.165, 1.54) is 32.9 Å². The van der Waals surface area contributed by atoms with E-state index in [1.54, 1.807) is 24.3 Å². The Kier molecular flexibility index (Phi) is 6.64. The molecule has 1 fully saturated rings. The van der Waals surface area contributed by atoms with E-state index in [9.17, 15) is 16.8 Å². The predicted molar refractivity (Wildman–Crippen MR) is 125 cm³/mol. The minimum absolute atomic E-state index is 0.0508. The van der Waals surface area contributed by atoms with Gasteiger partial charge in [0, 0.05) is 13.1 Å². The second-order valence-electron chi connectivity index (χ2n) is 7.77. The molecule has 32 heavy (non-hydrogen) atoms. The number of anilines is 1. The number of sulfonamides is 2. The van der Waals surface area contributed by atoms with Crippen LogP contribution in [0.2, 0.25) is 0 Å². The summed E-state index contributed by atoms with van der Waals surface area (Å²) in [7, 11) is -7.53. The van der Waals surface area contributed by atoms with Gasteiger partial charge in [-0.15, -0.1) is 0 Å². The lowest BCUT2D eigenvalue weighted by molar-refractivity contribution is 0.346. The molecule has 3 aromatic rings. The van der Waals surface area contributed by atoms with Crippen LogP contribution in [0.4, 0.5) is 5.69 Å². The molecular weight excluding hydrogens is 444 g/mol. The molecule has 0 N–H and O–H groups in total. The molecule has 0 aliphatic carbocycles. The Morgan fingerprint density at radius 3 is 1.78 bits per heavy atom. The molecule has 0 saturated carbocycles. The quantitative estimate of drug-likeness (QED) is 0.517. The van der Waals surface area contributed by atoms with Crippen LogP contribution in [-0.4, -0.2) is 34.2 Å². The Morgan fingerprint density at radius 2 is 1.19 bits per heavy atom. The number of nitrogens with zero attached hydrogens (tertiary/aromatic N) is 2. The highest BCUT2D eigenvalue weighted by Crippen LogP contribution is 2.27. The van der Waals surface area contributed by atoms with Crippen molar-refractivity contribution in [1.29, 1.82) is 0 Å². The van der Waals surface area contributed by atoms with Crippen LogP contribution in [0.25, 0.3) is 0 Å². The van der Waals surface area contributed by atoms with Gasteiger partial charge in [-0.1, -0.05) is 55.0 Å². The number of hydrogen-bond acceptors (Lipinski definition) is 4. The molecule has 0 aromatic heterocycles. The van der Waals surface area contributed by atoms with Gasteiger partial charge in [0.25, 0.3) is 10.0 Å². The summed E-state index contributed by atoms with van der Waals surface area (Å²) in [6, 6.07) is 23.8. The van der Waals surface area contributed by atoms with Gasteiger partial charge in [-0.3, -0.25) is 4.31 Å². The van der Waals surface area contributed by atoms with Gasteiger partial charge in [-0.2, -0.15) is 4.31 Å². The lowest BCUT2D eigenvalue weighted by Gasteiger charge is -2.26. The van der Waals surface area contributed by atoms with Crippen LogP contribution < -0.4 is 4.31 Å². The topological polar surface area (TPSA) is 74.8 Å². The number of hydrogen-bond donors (Lipinski definition) is 0. The van der Waals surface area contributed by atoms with Gasteiger partial charge in [0.1, 0.15) is 0 Å². The van der Waals surface area contributed by atoms with Gasteiger partial charge >= 0.3 is 0 Å². The smallest absolute Gasteiger partial charge is 0.262 e. The van der Waals surface area contributed by atoms with Crippen molar-refractivity contribution in [3.8, 4) is 0 Å². The highest BCUT2D eigenvalue weighted by atomic mass is 32.2. The minimum Gasteiger partial charge on any atom is -0.262 e. The van der Waals surface area contributed by atoms with Crippen LogP contribution in [-0.2, 0) is 26.6 Å². The Labute approximate surface area is 190 Å². The molecule has 3 aromatic carbocycles. The fourth-order valence-corrected chi connectivity index (χ4v) is 6.79. The monoisotopic (exact) mass is 470 g/mol. The van der Waals surface area contributed by atoms with E-state index >= 15 is 0 Å². The second-order valence-corrected chi connectivity index (χ2v) is 11.6. The Bertz CT molecular complexity index is 1240. The van der Waals surface area contributed by atoms with Crippen molar-refractivity contribution in [2.45, 2.75) is 35.6 Å². The summed E-state index contributed by atoms with van der Waals surface area (Å²) in [5.41, 5.74) is 1.39. The van der Waals surface area contributed by atoms with E-state index in [0.29, 0.717) is 18.8 Å². The van der Waals surface area contributed by atoms with Crippen molar-refractivity contribution >= 4 is 25.7 Å². The lowest BCUT2D eigenvalue weighted by Crippen LogP contribution is -2.35. The number of rotatable bonds is 7. The van der Waals surface area contributed by atoms with E-state index in [0.717, 1.165) is 24.8 Å². The lowest BCUT2D eigenvalue weighted by atomic mass is 10.2. The molecule has 1 aliphatic rings. The summed E-state index contributed by atoms with van der Waals surface area (Å²) in [5, 5.41) is 0. The first-order valence-electron chi connectivity index (χ1n) is 10.6. The van der Waals surface area contributed by atoms with Crippen molar-refractivity contribution in [2.75, 3.05) is 17.4 Å². The molecule has 1 heterocycles. The van der Waals surface area contributed by atoms with Crippen molar-refractivity contribution in [2.24, 2.45) is 0 Å². The SMILES string of the molecule is O=S(=O)(c1ccc(S(=O)(=O)N(Cc2ccccc2)c2ccccc2)cc1)N1CCCCC1. The largest absolute Gasteiger partial charge is 0.264 e. The van der Waals surface area contributed by atoms with Crippen molar-refractivity contribution < 1.29 is 16.8 Å². The maximum atomic E-state index is 13.6. The van der Waals surface area contributed by atoms with Crippen molar-refractivity contribution in [3.05, 3.63) is 90.5 Å². The van der Waals surface area contributed by atoms with Crippen LogP contribution in [0.5, 0.6) is 0 Å². The first-order valence-corrected chi connectivity index (χ1v) is 13.5. The molecule has 0 atom stereocenters. The van der Waals surface area contributed by atoms with E-state index < -0.39 is 20.0 Å². The fourth-order valence-electron chi connectivity index (χ4n) is 3.82. The normalized spacial score (nSPS) is 15.4. The molecule has 6 nitrogen and oxygen atoms in total. The molecule has 0 bridgehead atoms. The van der Waals surface area contributed by atoms with Crippen LogP contribution in [0, 0.1) is 0 Å². The van der Waals surface area contributed by atoms with E-state index in [2.05, 4.69) is 0 Å². The zero-order chi connectivity index (χ0) is 22.6. The van der Waals surface area contributed by atoms with Gasteiger partial charge in [0.15, 0.2) is 0 Å². The molecule has 1 saturated heterocycles. The first kappa shape index (κ1) is 22.5. The predicted octanol–water partition coefficient (Wildman–Crippen LogP) is 4.26. The van der Waals surface area contributed by atoms with Gasteiger partial charge < -0.3 is 0 Å². The zero-order valence-electron chi connectivity index (χ0n) is 17.7. The van der Waals surface area contributed by atoms with Crippen molar-refractivity contribution in [3.63, 3.8) is 0 Å². The van der Waals surface area contributed by atoms with Crippen LogP contribution in [0.15, 0.2) is 94.7 Å². The molecule has 8 heteroatoms. The Hall–Kier alpha value is -2.68. The third-order valence-electron chi connectivity index (χ3n) is 5.58. The summed E-state index contributed by atoms with van der Waals surface area (Å²) in [5.74, 6) is 0. The summed E-state index contributed by atoms with van der Waals surface area (Å²) in [6.07, 6.45) is 2.72. The standard InChI is InChI=1S/C24H26N2O4S2/c27-31(28,25-18-8-3-9-19-25)23-14-16-24(17-15-23)32(29,30)26(22-12-6-2-7-13-22)20-21-10-4-1-5-11-21/h1-2,4-7,10-17H,3,8-9,18-20H2. The van der Waals surface area contributed by atoms with Crippen LogP contribution in [0.3, 0.4) is 0 Å². The highest BCUT2D eigenvalue weighted by Gasteiger charge is 2.28. The van der Waals surface area contributed by atoms with E-state index in [1.807, 2.05) is 36.4 Å². The van der Waals surface area contributed by atoms with Gasteiger partial charge in [0.05, 0.1) is 22.0 Å². The van der Waals surface area contributed by atoms with Gasteiger partial charge in [-0.25, -0.2) is 16.8 Å². The third kappa shape index (κ3) is 4.72. The number of piperidine rings is 1. The molecule has 0 unspecified atom stereocenters. The maximum absolute atomic E-state index is 13.6. The second kappa shape index (κ2) is 9.44. The van der Waals surface area contributed by atoms with Gasteiger partial charge in [-0.05, 0) is 54.8 Å². The van der Waals surface area contributed by atoms with Gasteiger partial charge in [0.2, 0.25) is 10.0 Å². The average molecular weight is 471 g/mol.